The Morgan fingerprint density at radius 1 is 0.875 bits per heavy atom. The summed E-state index contributed by atoms with van der Waals surface area (Å²) in [6.07, 6.45) is 5.24. The van der Waals surface area contributed by atoms with Gasteiger partial charge in [-0.2, -0.15) is 0 Å². The van der Waals surface area contributed by atoms with Crippen LogP contribution in [0.15, 0.2) is 59.4 Å². The molecular formula is C26H29N3O3. The number of carboxylic acids is 1. The highest BCUT2D eigenvalue weighted by Crippen LogP contribution is 2.27. The number of piperazine rings is 1. The van der Waals surface area contributed by atoms with Crippen LogP contribution in [0.5, 0.6) is 0 Å². The Kier molecular flexibility index (Phi) is 5.81. The van der Waals surface area contributed by atoms with Crippen LogP contribution in [0.2, 0.25) is 0 Å². The first-order chi connectivity index (χ1) is 15.6. The molecule has 1 N–H and O–H groups in total. The van der Waals surface area contributed by atoms with Crippen LogP contribution in [0.1, 0.15) is 41.7 Å². The molecule has 5 rings (SSSR count). The molecule has 1 aliphatic carbocycles. The molecule has 0 atom stereocenters. The third kappa shape index (κ3) is 3.85. The van der Waals surface area contributed by atoms with E-state index in [4.69, 9.17) is 0 Å². The van der Waals surface area contributed by atoms with Crippen molar-refractivity contribution in [1.29, 1.82) is 0 Å². The number of benzene rings is 2. The summed E-state index contributed by atoms with van der Waals surface area (Å²) in [6.45, 7) is 4.19. The zero-order chi connectivity index (χ0) is 22.1. The Balaban J connectivity index is 1.56. The summed E-state index contributed by atoms with van der Waals surface area (Å²) >= 11 is 0. The van der Waals surface area contributed by atoms with E-state index in [9.17, 15) is 14.7 Å². The summed E-state index contributed by atoms with van der Waals surface area (Å²) in [5, 5.41) is 11.1. The average molecular weight is 432 g/mol. The molecule has 0 spiro atoms. The first-order valence-electron chi connectivity index (χ1n) is 11.6. The quantitative estimate of drug-likeness (QED) is 0.667. The number of pyridine rings is 1. The Labute approximate surface area is 187 Å². The van der Waals surface area contributed by atoms with Gasteiger partial charge >= 0.3 is 5.97 Å². The van der Waals surface area contributed by atoms with Crippen LogP contribution in [-0.4, -0.2) is 57.7 Å². The number of carbonyl (C=O) groups is 1. The van der Waals surface area contributed by atoms with E-state index in [2.05, 4.69) is 9.80 Å². The van der Waals surface area contributed by atoms with E-state index in [-0.39, 0.29) is 11.1 Å². The van der Waals surface area contributed by atoms with E-state index in [0.29, 0.717) is 34.7 Å². The predicted molar refractivity (Wildman–Crippen MR) is 126 cm³/mol. The molecule has 6 nitrogen and oxygen atoms in total. The monoisotopic (exact) mass is 431 g/mol. The number of para-hydroxylation sites is 1. The fourth-order valence-corrected chi connectivity index (χ4v) is 5.40. The molecule has 1 saturated heterocycles. The van der Waals surface area contributed by atoms with E-state index in [0.717, 1.165) is 26.2 Å². The predicted octanol–water partition coefficient (Wildman–Crippen LogP) is 3.75. The molecule has 2 heterocycles. The summed E-state index contributed by atoms with van der Waals surface area (Å²) in [5.74, 6) is -0.995. The second kappa shape index (κ2) is 8.88. The molecule has 1 aromatic heterocycles. The number of hydrogen-bond donors (Lipinski definition) is 1. The van der Waals surface area contributed by atoms with Crippen LogP contribution in [-0.2, 0) is 6.54 Å². The Bertz CT molecular complexity index is 1170. The van der Waals surface area contributed by atoms with Crippen molar-refractivity contribution in [3.63, 3.8) is 0 Å². The van der Waals surface area contributed by atoms with Crippen LogP contribution >= 0.6 is 0 Å². The molecule has 0 bridgehead atoms. The fourth-order valence-electron chi connectivity index (χ4n) is 5.40. The maximum atomic E-state index is 13.5. The Morgan fingerprint density at radius 2 is 1.50 bits per heavy atom. The summed E-state index contributed by atoms with van der Waals surface area (Å²) in [7, 11) is 0. The molecule has 0 amide bonds. The van der Waals surface area contributed by atoms with Gasteiger partial charge in [-0.3, -0.25) is 19.2 Å². The van der Waals surface area contributed by atoms with Crippen molar-refractivity contribution in [2.75, 3.05) is 26.2 Å². The van der Waals surface area contributed by atoms with Crippen molar-refractivity contribution in [3.8, 4) is 5.69 Å². The largest absolute Gasteiger partial charge is 0.478 e. The molecule has 2 fully saturated rings. The SMILES string of the molecule is O=C(O)c1c(CN2CCN(C3CCCC3)CC2)n(-c2ccccc2)c(=O)c2ccccc12. The minimum Gasteiger partial charge on any atom is -0.478 e. The number of carboxylic acid groups (broad SMARTS) is 1. The zero-order valence-electron chi connectivity index (χ0n) is 18.2. The van der Waals surface area contributed by atoms with Gasteiger partial charge in [0.05, 0.1) is 11.3 Å². The first-order valence-corrected chi connectivity index (χ1v) is 11.6. The minimum atomic E-state index is -0.995. The van der Waals surface area contributed by atoms with Gasteiger partial charge in [0.15, 0.2) is 0 Å². The maximum Gasteiger partial charge on any atom is 0.338 e. The van der Waals surface area contributed by atoms with Gasteiger partial charge in [0.2, 0.25) is 0 Å². The lowest BCUT2D eigenvalue weighted by Gasteiger charge is -2.38. The molecule has 2 aromatic carbocycles. The number of aromatic nitrogens is 1. The number of hydrogen-bond acceptors (Lipinski definition) is 4. The van der Waals surface area contributed by atoms with Gasteiger partial charge < -0.3 is 5.11 Å². The van der Waals surface area contributed by atoms with E-state index < -0.39 is 5.97 Å². The standard InChI is InChI=1S/C26H29N3O3/c30-25-22-13-7-6-12-21(22)24(26(31)32)23(29(25)20-10-2-1-3-11-20)18-27-14-16-28(17-15-27)19-8-4-5-9-19/h1-3,6-7,10-13,19H,4-5,8-9,14-18H2,(H,31,32). The molecule has 3 aromatic rings. The molecule has 6 heteroatoms. The topological polar surface area (TPSA) is 65.8 Å². The summed E-state index contributed by atoms with van der Waals surface area (Å²) in [5.41, 5.74) is 1.31. The van der Waals surface area contributed by atoms with E-state index in [1.54, 1.807) is 28.8 Å². The van der Waals surface area contributed by atoms with Crippen molar-refractivity contribution in [1.82, 2.24) is 14.4 Å². The smallest absolute Gasteiger partial charge is 0.338 e. The van der Waals surface area contributed by atoms with Gasteiger partial charge in [-0.25, -0.2) is 4.79 Å². The van der Waals surface area contributed by atoms with Gasteiger partial charge in [-0.1, -0.05) is 49.2 Å². The van der Waals surface area contributed by atoms with Crippen molar-refractivity contribution < 1.29 is 9.90 Å². The van der Waals surface area contributed by atoms with Crippen LogP contribution in [0.3, 0.4) is 0 Å². The van der Waals surface area contributed by atoms with Crippen molar-refractivity contribution >= 4 is 16.7 Å². The normalized spacial score (nSPS) is 18.4. The molecule has 0 unspecified atom stereocenters. The lowest BCUT2D eigenvalue weighted by atomic mass is 10.0. The Hall–Kier alpha value is -2.96. The molecule has 0 radical (unpaired) electrons. The minimum absolute atomic E-state index is 0.170. The van der Waals surface area contributed by atoms with Crippen LogP contribution < -0.4 is 5.56 Å². The molecule has 2 aliphatic rings. The molecule has 32 heavy (non-hydrogen) atoms. The van der Waals surface area contributed by atoms with E-state index >= 15 is 0 Å². The third-order valence-corrected chi connectivity index (χ3v) is 7.04. The van der Waals surface area contributed by atoms with Crippen LogP contribution in [0.4, 0.5) is 0 Å². The fraction of sp³-hybridized carbons (Fsp3) is 0.385. The van der Waals surface area contributed by atoms with Crippen molar-refractivity contribution in [3.05, 3.63) is 76.2 Å². The number of fused-ring (bicyclic) bond motifs is 1. The summed E-state index contributed by atoms with van der Waals surface area (Å²) in [6, 6.07) is 17.1. The maximum absolute atomic E-state index is 13.5. The lowest BCUT2D eigenvalue weighted by molar-refractivity contribution is 0.0690. The average Bonchev–Trinajstić information content (AvgIpc) is 3.35. The van der Waals surface area contributed by atoms with Crippen LogP contribution in [0.25, 0.3) is 16.5 Å². The molecular weight excluding hydrogens is 402 g/mol. The van der Waals surface area contributed by atoms with Gasteiger partial charge in [0, 0.05) is 55.2 Å². The highest BCUT2D eigenvalue weighted by atomic mass is 16.4. The molecule has 1 saturated carbocycles. The first kappa shape index (κ1) is 20.9. The third-order valence-electron chi connectivity index (χ3n) is 7.04. The van der Waals surface area contributed by atoms with Gasteiger partial charge in [-0.05, 0) is 31.0 Å². The summed E-state index contributed by atoms with van der Waals surface area (Å²) < 4.78 is 1.61. The number of nitrogens with zero attached hydrogens (tertiary/aromatic N) is 3. The highest BCUT2D eigenvalue weighted by molar-refractivity contribution is 6.04. The second-order valence-electron chi connectivity index (χ2n) is 8.90. The van der Waals surface area contributed by atoms with Crippen LogP contribution in [0, 0.1) is 0 Å². The van der Waals surface area contributed by atoms with Gasteiger partial charge in [-0.15, -0.1) is 0 Å². The second-order valence-corrected chi connectivity index (χ2v) is 8.90. The van der Waals surface area contributed by atoms with E-state index in [1.165, 1.54) is 25.7 Å². The van der Waals surface area contributed by atoms with E-state index in [1.807, 2.05) is 30.3 Å². The van der Waals surface area contributed by atoms with Crippen molar-refractivity contribution in [2.45, 2.75) is 38.3 Å². The summed E-state index contributed by atoms with van der Waals surface area (Å²) in [4.78, 5) is 30.9. The molecule has 166 valence electrons. The Morgan fingerprint density at radius 3 is 2.16 bits per heavy atom. The van der Waals surface area contributed by atoms with Gasteiger partial charge in [0.1, 0.15) is 0 Å². The highest BCUT2D eigenvalue weighted by Gasteiger charge is 2.28. The number of rotatable bonds is 5. The lowest BCUT2D eigenvalue weighted by Crippen LogP contribution is -2.49. The van der Waals surface area contributed by atoms with Crippen molar-refractivity contribution in [2.24, 2.45) is 0 Å². The molecule has 1 aliphatic heterocycles. The number of aromatic carboxylic acids is 1. The van der Waals surface area contributed by atoms with Gasteiger partial charge in [0.25, 0.3) is 5.56 Å². The zero-order valence-corrected chi connectivity index (χ0v) is 18.2.